The molecule has 0 spiro atoms. The van der Waals surface area contributed by atoms with E-state index in [0.717, 1.165) is 38.5 Å². The van der Waals surface area contributed by atoms with E-state index < -0.39 is 32.5 Å². The van der Waals surface area contributed by atoms with Crippen LogP contribution in [0.4, 0.5) is 0 Å². The largest absolute Gasteiger partial charge is 0.472 e. The van der Waals surface area contributed by atoms with E-state index in [1.54, 1.807) is 0 Å². The van der Waals surface area contributed by atoms with Crippen LogP contribution in [0.3, 0.4) is 0 Å². The Morgan fingerprint density at radius 3 is 1.47 bits per heavy atom. The first-order valence-electron chi connectivity index (χ1n) is 20.2. The molecule has 0 fully saturated rings. The number of unbranched alkanes of at least 4 members (excludes halogenated alkanes) is 23. The van der Waals surface area contributed by atoms with Crippen molar-refractivity contribution in [2.75, 3.05) is 26.4 Å². The third kappa shape index (κ3) is 36.3. The lowest BCUT2D eigenvalue weighted by Gasteiger charge is -2.19. The summed E-state index contributed by atoms with van der Waals surface area (Å²) >= 11 is 0. The lowest BCUT2D eigenvalue weighted by molar-refractivity contribution is -0.161. The number of phosphoric acid groups is 1. The molecule has 290 valence electrons. The molecule has 0 aromatic rings. The second kappa shape index (κ2) is 36.5. The van der Waals surface area contributed by atoms with Crippen molar-refractivity contribution >= 4 is 19.8 Å². The lowest BCUT2D eigenvalue weighted by Crippen LogP contribution is -2.29. The van der Waals surface area contributed by atoms with E-state index in [1.807, 2.05) is 0 Å². The van der Waals surface area contributed by atoms with E-state index in [2.05, 4.69) is 26.0 Å². The van der Waals surface area contributed by atoms with Gasteiger partial charge in [0.15, 0.2) is 6.10 Å². The van der Waals surface area contributed by atoms with Crippen molar-refractivity contribution in [3.8, 4) is 0 Å². The summed E-state index contributed by atoms with van der Waals surface area (Å²) in [6.07, 6.45) is 35.2. The molecule has 0 aromatic carbocycles. The predicted molar refractivity (Wildman–Crippen MR) is 201 cm³/mol. The first-order chi connectivity index (χ1) is 23.8. The number of ether oxygens (including phenoxy) is 2. The van der Waals surface area contributed by atoms with Crippen LogP contribution in [0, 0.1) is 0 Å². The third-order valence-corrected chi connectivity index (χ3v) is 9.64. The number of esters is 2. The van der Waals surface area contributed by atoms with Gasteiger partial charge in [0.05, 0.1) is 13.2 Å². The quantitative estimate of drug-likeness (QED) is 0.0277. The number of nitrogens with two attached hydrogens (primary N) is 1. The Hall–Kier alpha value is -1.25. The van der Waals surface area contributed by atoms with Crippen LogP contribution in [-0.2, 0) is 32.7 Å². The van der Waals surface area contributed by atoms with Gasteiger partial charge in [0.25, 0.3) is 0 Å². The normalized spacial score (nSPS) is 13.5. The fourth-order valence-electron chi connectivity index (χ4n) is 5.63. The van der Waals surface area contributed by atoms with Crippen LogP contribution < -0.4 is 5.73 Å². The Morgan fingerprint density at radius 1 is 0.592 bits per heavy atom. The summed E-state index contributed by atoms with van der Waals surface area (Å²) in [5, 5.41) is 0. The summed E-state index contributed by atoms with van der Waals surface area (Å²) < 4.78 is 32.7. The van der Waals surface area contributed by atoms with Crippen LogP contribution in [-0.4, -0.2) is 49.3 Å². The van der Waals surface area contributed by atoms with E-state index in [1.165, 1.54) is 116 Å². The van der Waals surface area contributed by atoms with Crippen molar-refractivity contribution < 1.29 is 37.6 Å². The molecular weight excluding hydrogens is 641 g/mol. The second-order valence-electron chi connectivity index (χ2n) is 13.5. The van der Waals surface area contributed by atoms with Crippen LogP contribution in [0.15, 0.2) is 12.2 Å². The van der Waals surface area contributed by atoms with Crippen LogP contribution in [0.5, 0.6) is 0 Å². The van der Waals surface area contributed by atoms with E-state index in [4.69, 9.17) is 24.3 Å². The number of carbonyl (C=O) groups excluding carboxylic acids is 2. The van der Waals surface area contributed by atoms with Crippen molar-refractivity contribution in [1.82, 2.24) is 0 Å². The molecule has 2 atom stereocenters. The van der Waals surface area contributed by atoms with Gasteiger partial charge < -0.3 is 20.1 Å². The van der Waals surface area contributed by atoms with Crippen molar-refractivity contribution in [1.29, 1.82) is 0 Å². The number of allylic oxidation sites excluding steroid dienone is 2. The van der Waals surface area contributed by atoms with Crippen LogP contribution >= 0.6 is 7.82 Å². The first-order valence-corrected chi connectivity index (χ1v) is 21.7. The average Bonchev–Trinajstić information content (AvgIpc) is 3.08. The molecule has 0 heterocycles. The molecule has 1 unspecified atom stereocenters. The smallest absolute Gasteiger partial charge is 0.462 e. The molecule has 3 N–H and O–H groups in total. The van der Waals surface area contributed by atoms with E-state index in [0.29, 0.717) is 12.8 Å². The molecule has 0 rings (SSSR count). The van der Waals surface area contributed by atoms with Crippen LogP contribution in [0.1, 0.15) is 194 Å². The van der Waals surface area contributed by atoms with Crippen molar-refractivity contribution in [3.05, 3.63) is 12.2 Å². The number of carbonyl (C=O) groups is 2. The number of rotatable bonds is 38. The highest BCUT2D eigenvalue weighted by Gasteiger charge is 2.26. The Labute approximate surface area is 300 Å². The van der Waals surface area contributed by atoms with Gasteiger partial charge in [-0.25, -0.2) is 4.57 Å². The lowest BCUT2D eigenvalue weighted by atomic mass is 10.0. The number of phosphoric ester groups is 1. The summed E-state index contributed by atoms with van der Waals surface area (Å²) in [5.41, 5.74) is 5.33. The Kier molecular flexibility index (Phi) is 35.6. The summed E-state index contributed by atoms with van der Waals surface area (Å²) in [7, 11) is -4.37. The molecule has 9 nitrogen and oxygen atoms in total. The zero-order valence-corrected chi connectivity index (χ0v) is 32.6. The molecule has 0 radical (unpaired) electrons. The van der Waals surface area contributed by atoms with Crippen LogP contribution in [0.25, 0.3) is 0 Å². The minimum absolute atomic E-state index is 0.0542. The molecule has 0 aliphatic carbocycles. The molecule has 0 aliphatic rings. The SMILES string of the molecule is CCCCCCCC/C=C/CCCCCC(=O)OC[C@H](COP(=O)(O)OCCN)OC(=O)CCCCCCCCCCCCCCCCC. The van der Waals surface area contributed by atoms with E-state index in [-0.39, 0.29) is 32.6 Å². The van der Waals surface area contributed by atoms with Crippen molar-refractivity contribution in [3.63, 3.8) is 0 Å². The number of hydrogen-bond donors (Lipinski definition) is 2. The van der Waals surface area contributed by atoms with E-state index >= 15 is 0 Å². The van der Waals surface area contributed by atoms with Gasteiger partial charge in [-0.1, -0.05) is 154 Å². The highest BCUT2D eigenvalue weighted by molar-refractivity contribution is 7.47. The van der Waals surface area contributed by atoms with Gasteiger partial charge in [-0.2, -0.15) is 0 Å². The van der Waals surface area contributed by atoms with Gasteiger partial charge in [0.2, 0.25) is 0 Å². The highest BCUT2D eigenvalue weighted by atomic mass is 31.2. The average molecular weight is 718 g/mol. The zero-order chi connectivity index (χ0) is 36.1. The Balaban J connectivity index is 4.19. The van der Waals surface area contributed by atoms with E-state index in [9.17, 15) is 19.0 Å². The standard InChI is InChI=1S/C39H76NO8P/c1-3-5-7-9-11-13-15-17-18-20-22-24-26-28-30-32-39(42)48-37(36-47-49(43,44)46-34-33-40)35-45-38(41)31-29-27-25-23-21-19-16-14-12-10-8-6-4-2/h19,21,37H,3-18,20,22-36,40H2,1-2H3,(H,43,44)/b21-19+/t37-/m1/s1. The molecule has 0 aliphatic heterocycles. The summed E-state index contributed by atoms with van der Waals surface area (Å²) in [6, 6.07) is 0. The molecule has 0 aromatic heterocycles. The minimum Gasteiger partial charge on any atom is -0.462 e. The van der Waals surface area contributed by atoms with Crippen LogP contribution in [0.2, 0.25) is 0 Å². The predicted octanol–water partition coefficient (Wildman–Crippen LogP) is 11.1. The first kappa shape index (κ1) is 47.8. The molecule has 0 saturated heterocycles. The molecule has 0 bridgehead atoms. The minimum atomic E-state index is -4.37. The maximum atomic E-state index is 12.5. The summed E-state index contributed by atoms with van der Waals surface area (Å²) in [6.45, 7) is 3.72. The Bertz CT molecular complexity index is 825. The molecule has 49 heavy (non-hydrogen) atoms. The maximum absolute atomic E-state index is 12.5. The fourth-order valence-corrected chi connectivity index (χ4v) is 6.39. The highest BCUT2D eigenvalue weighted by Crippen LogP contribution is 2.43. The molecule has 0 amide bonds. The van der Waals surface area contributed by atoms with Gasteiger partial charge in [-0.15, -0.1) is 0 Å². The zero-order valence-electron chi connectivity index (χ0n) is 31.7. The number of hydrogen-bond acceptors (Lipinski definition) is 8. The molecule has 10 heteroatoms. The topological polar surface area (TPSA) is 134 Å². The van der Waals surface area contributed by atoms with Gasteiger partial charge in [-0.05, 0) is 38.5 Å². The Morgan fingerprint density at radius 2 is 1.00 bits per heavy atom. The van der Waals surface area contributed by atoms with Gasteiger partial charge in [-0.3, -0.25) is 18.6 Å². The third-order valence-electron chi connectivity index (χ3n) is 8.65. The molecule has 0 saturated carbocycles. The maximum Gasteiger partial charge on any atom is 0.472 e. The second-order valence-corrected chi connectivity index (χ2v) is 15.0. The van der Waals surface area contributed by atoms with Gasteiger partial charge in [0, 0.05) is 19.4 Å². The molecular formula is C39H76NO8P. The fraction of sp³-hybridized carbons (Fsp3) is 0.897. The monoisotopic (exact) mass is 718 g/mol. The van der Waals surface area contributed by atoms with Crippen molar-refractivity contribution in [2.24, 2.45) is 5.73 Å². The van der Waals surface area contributed by atoms with Gasteiger partial charge >= 0.3 is 19.8 Å². The summed E-state index contributed by atoms with van der Waals surface area (Å²) in [4.78, 5) is 34.7. The van der Waals surface area contributed by atoms with Gasteiger partial charge in [0.1, 0.15) is 6.61 Å². The summed E-state index contributed by atoms with van der Waals surface area (Å²) in [5.74, 6) is -0.840. The van der Waals surface area contributed by atoms with Crippen molar-refractivity contribution in [2.45, 2.75) is 200 Å².